The first kappa shape index (κ1) is 15.1. The Morgan fingerprint density at radius 2 is 1.78 bits per heavy atom. The van der Waals surface area contributed by atoms with Crippen LogP contribution >= 0.6 is 0 Å². The molecule has 0 bridgehead atoms. The normalized spacial score (nSPS) is 17.4. The van der Waals surface area contributed by atoms with Crippen molar-refractivity contribution in [2.45, 2.75) is 19.4 Å². The molecule has 1 saturated heterocycles. The Morgan fingerprint density at radius 1 is 1.09 bits per heavy atom. The zero-order valence-electron chi connectivity index (χ0n) is 12.9. The van der Waals surface area contributed by atoms with E-state index in [-0.39, 0.29) is 18.2 Å². The molecule has 1 fully saturated rings. The van der Waals surface area contributed by atoms with Crippen LogP contribution in [0.15, 0.2) is 54.6 Å². The maximum Gasteiger partial charge on any atom is 0.256 e. The molecule has 1 atom stereocenters. The van der Waals surface area contributed by atoms with Gasteiger partial charge in [-0.3, -0.25) is 9.59 Å². The second-order valence-corrected chi connectivity index (χ2v) is 5.24. The quantitative estimate of drug-likeness (QED) is 0.863. The molecule has 1 aliphatic rings. The van der Waals surface area contributed by atoms with Gasteiger partial charge in [-0.15, -0.1) is 0 Å². The summed E-state index contributed by atoms with van der Waals surface area (Å²) in [7, 11) is 0. The number of para-hydroxylation sites is 3. The van der Waals surface area contributed by atoms with E-state index < -0.39 is 6.04 Å². The van der Waals surface area contributed by atoms with Crippen molar-refractivity contribution in [2.75, 3.05) is 16.8 Å². The Bertz CT molecular complexity index is 715. The van der Waals surface area contributed by atoms with Crippen molar-refractivity contribution in [1.29, 1.82) is 0 Å². The van der Waals surface area contributed by atoms with Crippen LogP contribution in [0.1, 0.15) is 13.3 Å². The fraction of sp³-hybridized carbons (Fsp3) is 0.222. The van der Waals surface area contributed by atoms with Gasteiger partial charge in [0, 0.05) is 5.69 Å². The van der Waals surface area contributed by atoms with E-state index >= 15 is 0 Å². The number of benzene rings is 2. The van der Waals surface area contributed by atoms with Gasteiger partial charge in [0.1, 0.15) is 11.8 Å². The summed E-state index contributed by atoms with van der Waals surface area (Å²) >= 11 is 0. The summed E-state index contributed by atoms with van der Waals surface area (Å²) in [6.45, 7) is 2.34. The molecule has 2 aromatic carbocycles. The third kappa shape index (κ3) is 3.04. The Labute approximate surface area is 134 Å². The number of anilines is 2. The van der Waals surface area contributed by atoms with Gasteiger partial charge in [-0.2, -0.15) is 0 Å². The van der Waals surface area contributed by atoms with Crippen molar-refractivity contribution in [3.8, 4) is 5.75 Å². The van der Waals surface area contributed by atoms with Crippen LogP contribution in [0.25, 0.3) is 0 Å². The second kappa shape index (κ2) is 6.52. The first-order valence-corrected chi connectivity index (χ1v) is 7.61. The van der Waals surface area contributed by atoms with Crippen LogP contribution in [0, 0.1) is 0 Å². The average molecular weight is 310 g/mol. The minimum Gasteiger partial charge on any atom is -0.492 e. The van der Waals surface area contributed by atoms with E-state index in [1.165, 1.54) is 4.90 Å². The lowest BCUT2D eigenvalue weighted by Gasteiger charge is -2.19. The predicted molar refractivity (Wildman–Crippen MR) is 88.6 cm³/mol. The number of rotatable bonds is 5. The van der Waals surface area contributed by atoms with Crippen molar-refractivity contribution < 1.29 is 14.3 Å². The Kier molecular flexibility index (Phi) is 4.28. The summed E-state index contributed by atoms with van der Waals surface area (Å²) in [5.41, 5.74) is 1.32. The predicted octanol–water partition coefficient (Wildman–Crippen LogP) is 2.83. The summed E-state index contributed by atoms with van der Waals surface area (Å²) in [6, 6.07) is 15.9. The van der Waals surface area contributed by atoms with Crippen molar-refractivity contribution in [2.24, 2.45) is 0 Å². The van der Waals surface area contributed by atoms with Gasteiger partial charge in [0.15, 0.2) is 0 Å². The van der Waals surface area contributed by atoms with Gasteiger partial charge in [-0.1, -0.05) is 30.3 Å². The molecular formula is C18H18N2O3. The van der Waals surface area contributed by atoms with Crippen molar-refractivity contribution in [3.05, 3.63) is 54.6 Å². The number of imide groups is 1. The van der Waals surface area contributed by atoms with E-state index in [9.17, 15) is 9.59 Å². The standard InChI is InChI=1S/C18H18N2O3/c1-2-23-16-11-7-6-10-15(16)20-17(21)12-14(18(20)22)19-13-8-4-3-5-9-13/h3-11,14,19H,2,12H2,1H3/t14-/m1/s1. The lowest BCUT2D eigenvalue weighted by atomic mass is 10.2. The first-order chi connectivity index (χ1) is 11.2. The molecule has 23 heavy (non-hydrogen) atoms. The van der Waals surface area contributed by atoms with Crippen LogP contribution < -0.4 is 15.0 Å². The van der Waals surface area contributed by atoms with Crippen molar-refractivity contribution >= 4 is 23.2 Å². The molecule has 5 heteroatoms. The molecule has 0 spiro atoms. The summed E-state index contributed by atoms with van der Waals surface area (Å²) in [5.74, 6) is 0.0543. The minimum atomic E-state index is -0.556. The monoisotopic (exact) mass is 310 g/mol. The highest BCUT2D eigenvalue weighted by Crippen LogP contribution is 2.32. The molecule has 0 aromatic heterocycles. The van der Waals surface area contributed by atoms with Crippen LogP contribution in [0.3, 0.4) is 0 Å². The summed E-state index contributed by atoms with van der Waals surface area (Å²) < 4.78 is 5.53. The summed E-state index contributed by atoms with van der Waals surface area (Å²) in [5, 5.41) is 3.12. The maximum atomic E-state index is 12.7. The number of nitrogens with zero attached hydrogens (tertiary/aromatic N) is 1. The molecule has 0 unspecified atom stereocenters. The Morgan fingerprint density at radius 3 is 2.52 bits per heavy atom. The fourth-order valence-electron chi connectivity index (χ4n) is 2.65. The largest absolute Gasteiger partial charge is 0.492 e. The van der Waals surface area contributed by atoms with Crippen LogP contribution in [-0.2, 0) is 9.59 Å². The Hall–Kier alpha value is -2.82. The number of carbonyl (C=O) groups excluding carboxylic acids is 2. The van der Waals surface area contributed by atoms with Gasteiger partial charge in [-0.25, -0.2) is 4.90 Å². The molecule has 2 amide bonds. The zero-order valence-corrected chi connectivity index (χ0v) is 12.9. The van der Waals surface area contributed by atoms with Crippen molar-refractivity contribution in [3.63, 3.8) is 0 Å². The molecule has 118 valence electrons. The fourth-order valence-corrected chi connectivity index (χ4v) is 2.65. The average Bonchev–Trinajstić information content (AvgIpc) is 2.83. The minimum absolute atomic E-state index is 0.133. The van der Waals surface area contributed by atoms with Crippen LogP contribution in [0.2, 0.25) is 0 Å². The molecule has 2 aromatic rings. The molecule has 1 aliphatic heterocycles. The van der Waals surface area contributed by atoms with Crippen LogP contribution in [-0.4, -0.2) is 24.5 Å². The highest BCUT2D eigenvalue weighted by atomic mass is 16.5. The summed E-state index contributed by atoms with van der Waals surface area (Å²) in [4.78, 5) is 26.2. The van der Waals surface area contributed by atoms with Gasteiger partial charge in [0.05, 0.1) is 18.7 Å². The smallest absolute Gasteiger partial charge is 0.256 e. The van der Waals surface area contributed by atoms with Crippen molar-refractivity contribution in [1.82, 2.24) is 0 Å². The molecule has 5 nitrogen and oxygen atoms in total. The van der Waals surface area contributed by atoms with E-state index in [0.717, 1.165) is 5.69 Å². The molecule has 1 heterocycles. The lowest BCUT2D eigenvalue weighted by Crippen LogP contribution is -2.35. The van der Waals surface area contributed by atoms with E-state index in [1.807, 2.05) is 43.3 Å². The van der Waals surface area contributed by atoms with E-state index in [1.54, 1.807) is 18.2 Å². The SMILES string of the molecule is CCOc1ccccc1N1C(=O)C[C@@H](Nc2ccccc2)C1=O. The first-order valence-electron chi connectivity index (χ1n) is 7.61. The Balaban J connectivity index is 1.85. The zero-order chi connectivity index (χ0) is 16.2. The molecule has 1 N–H and O–H groups in total. The van der Waals surface area contributed by atoms with Gasteiger partial charge in [0.25, 0.3) is 5.91 Å². The third-order valence-corrected chi connectivity index (χ3v) is 3.67. The van der Waals surface area contributed by atoms with Crippen LogP contribution in [0.5, 0.6) is 5.75 Å². The molecule has 0 radical (unpaired) electrons. The topological polar surface area (TPSA) is 58.6 Å². The molecule has 0 aliphatic carbocycles. The number of carbonyl (C=O) groups is 2. The van der Waals surface area contributed by atoms with E-state index in [2.05, 4.69) is 5.32 Å². The molecule has 0 saturated carbocycles. The summed E-state index contributed by atoms with van der Waals surface area (Å²) in [6.07, 6.45) is 0.133. The van der Waals surface area contributed by atoms with E-state index in [4.69, 9.17) is 4.74 Å². The number of nitrogens with one attached hydrogen (secondary N) is 1. The van der Waals surface area contributed by atoms with Gasteiger partial charge in [-0.05, 0) is 31.2 Å². The maximum absolute atomic E-state index is 12.7. The van der Waals surface area contributed by atoms with Gasteiger partial charge in [0.2, 0.25) is 5.91 Å². The number of hydrogen-bond donors (Lipinski definition) is 1. The van der Waals surface area contributed by atoms with Crippen LogP contribution in [0.4, 0.5) is 11.4 Å². The second-order valence-electron chi connectivity index (χ2n) is 5.24. The van der Waals surface area contributed by atoms with E-state index in [0.29, 0.717) is 18.0 Å². The van der Waals surface area contributed by atoms with Gasteiger partial charge < -0.3 is 10.1 Å². The lowest BCUT2D eigenvalue weighted by molar-refractivity contribution is -0.121. The third-order valence-electron chi connectivity index (χ3n) is 3.67. The number of ether oxygens (including phenoxy) is 1. The highest BCUT2D eigenvalue weighted by Gasteiger charge is 2.40. The number of hydrogen-bond acceptors (Lipinski definition) is 4. The highest BCUT2D eigenvalue weighted by molar-refractivity contribution is 6.23. The van der Waals surface area contributed by atoms with Gasteiger partial charge >= 0.3 is 0 Å². The molecular weight excluding hydrogens is 292 g/mol. The molecule has 3 rings (SSSR count). The number of amides is 2.